The first-order valence-corrected chi connectivity index (χ1v) is 8.11. The molecule has 1 amide bonds. The number of ether oxygens (including phenoxy) is 2. The van der Waals surface area contributed by atoms with Crippen LogP contribution < -0.4 is 9.47 Å². The molecule has 6 nitrogen and oxygen atoms in total. The maximum absolute atomic E-state index is 13.1. The van der Waals surface area contributed by atoms with Gasteiger partial charge in [0.1, 0.15) is 6.04 Å². The van der Waals surface area contributed by atoms with Crippen molar-refractivity contribution in [3.8, 4) is 11.5 Å². The minimum Gasteiger partial charge on any atom is -0.480 e. The Labute approximate surface area is 134 Å². The highest BCUT2D eigenvalue weighted by atomic mass is 16.7. The average molecular weight is 317 g/mol. The van der Waals surface area contributed by atoms with Crippen molar-refractivity contribution in [3.63, 3.8) is 0 Å². The van der Waals surface area contributed by atoms with Crippen molar-refractivity contribution in [3.05, 3.63) is 23.8 Å². The minimum absolute atomic E-state index is 0.0236. The maximum Gasteiger partial charge on any atom is 0.326 e. The second-order valence-corrected chi connectivity index (χ2v) is 6.45. The third-order valence-electron chi connectivity index (χ3n) is 5.23. The summed E-state index contributed by atoms with van der Waals surface area (Å²) in [5.41, 5.74) is 0.400. The third kappa shape index (κ3) is 2.24. The predicted molar refractivity (Wildman–Crippen MR) is 80.5 cm³/mol. The molecule has 1 aromatic carbocycles. The van der Waals surface area contributed by atoms with Gasteiger partial charge in [-0.05, 0) is 37.3 Å². The van der Waals surface area contributed by atoms with Crippen molar-refractivity contribution < 1.29 is 24.2 Å². The van der Waals surface area contributed by atoms with Crippen LogP contribution in [0.5, 0.6) is 11.5 Å². The Kier molecular flexibility index (Phi) is 3.39. The van der Waals surface area contributed by atoms with Crippen molar-refractivity contribution in [2.24, 2.45) is 5.92 Å². The summed E-state index contributed by atoms with van der Waals surface area (Å²) >= 11 is 0. The number of amides is 1. The van der Waals surface area contributed by atoms with Gasteiger partial charge >= 0.3 is 5.97 Å². The summed E-state index contributed by atoms with van der Waals surface area (Å²) in [6.07, 6.45) is 4.60. The quantitative estimate of drug-likeness (QED) is 0.905. The van der Waals surface area contributed by atoms with E-state index >= 15 is 0 Å². The number of hydrogen-bond acceptors (Lipinski definition) is 4. The number of carboxylic acid groups (broad SMARTS) is 1. The summed E-state index contributed by atoms with van der Waals surface area (Å²) in [4.78, 5) is 26.4. The lowest BCUT2D eigenvalue weighted by Gasteiger charge is -2.33. The van der Waals surface area contributed by atoms with E-state index in [9.17, 15) is 14.7 Å². The second-order valence-electron chi connectivity index (χ2n) is 6.45. The number of rotatable bonds is 2. The number of fused-ring (bicyclic) bond motifs is 2. The van der Waals surface area contributed by atoms with Crippen molar-refractivity contribution in [1.82, 2.24) is 4.90 Å². The summed E-state index contributed by atoms with van der Waals surface area (Å²) in [6.45, 7) is 0.0913. The van der Waals surface area contributed by atoms with E-state index in [1.807, 2.05) is 0 Å². The van der Waals surface area contributed by atoms with E-state index in [1.54, 1.807) is 23.1 Å². The number of carbonyl (C=O) groups is 2. The molecule has 122 valence electrons. The van der Waals surface area contributed by atoms with E-state index < -0.39 is 12.0 Å². The molecule has 4 rings (SSSR count). The van der Waals surface area contributed by atoms with Crippen LogP contribution in [0.15, 0.2) is 18.2 Å². The van der Waals surface area contributed by atoms with Gasteiger partial charge in [0, 0.05) is 6.04 Å². The topological polar surface area (TPSA) is 76.1 Å². The van der Waals surface area contributed by atoms with Gasteiger partial charge in [0.15, 0.2) is 11.5 Å². The van der Waals surface area contributed by atoms with E-state index in [1.165, 1.54) is 0 Å². The Morgan fingerprint density at radius 3 is 2.83 bits per heavy atom. The fourth-order valence-corrected chi connectivity index (χ4v) is 4.21. The van der Waals surface area contributed by atoms with E-state index in [0.29, 0.717) is 29.4 Å². The molecule has 0 bridgehead atoms. The van der Waals surface area contributed by atoms with Gasteiger partial charge < -0.3 is 19.5 Å². The van der Waals surface area contributed by atoms with E-state index in [0.717, 1.165) is 25.7 Å². The summed E-state index contributed by atoms with van der Waals surface area (Å²) in [7, 11) is 0. The fourth-order valence-electron chi connectivity index (χ4n) is 4.21. The number of likely N-dealkylation sites (tertiary alicyclic amines) is 1. The number of hydrogen-bond donors (Lipinski definition) is 1. The van der Waals surface area contributed by atoms with Crippen LogP contribution in [0.1, 0.15) is 42.5 Å². The molecule has 2 heterocycles. The Morgan fingerprint density at radius 2 is 2.00 bits per heavy atom. The molecule has 0 radical (unpaired) electrons. The summed E-state index contributed by atoms with van der Waals surface area (Å²) in [5.74, 6) is 0.0948. The Bertz CT molecular complexity index is 658. The van der Waals surface area contributed by atoms with Crippen LogP contribution in [-0.2, 0) is 4.79 Å². The first kappa shape index (κ1) is 14.4. The van der Waals surface area contributed by atoms with Crippen LogP contribution >= 0.6 is 0 Å². The molecule has 1 aromatic rings. The number of carbonyl (C=O) groups excluding carboxylic acids is 1. The molecule has 0 spiro atoms. The Morgan fingerprint density at radius 1 is 1.17 bits per heavy atom. The number of benzene rings is 1. The molecule has 1 aliphatic carbocycles. The molecule has 2 aliphatic heterocycles. The molecule has 0 aromatic heterocycles. The molecular weight excluding hydrogens is 298 g/mol. The van der Waals surface area contributed by atoms with Crippen molar-refractivity contribution >= 4 is 11.9 Å². The zero-order chi connectivity index (χ0) is 16.0. The van der Waals surface area contributed by atoms with Gasteiger partial charge in [-0.2, -0.15) is 0 Å². The van der Waals surface area contributed by atoms with Crippen LogP contribution in [0, 0.1) is 5.92 Å². The van der Waals surface area contributed by atoms with Gasteiger partial charge in [-0.15, -0.1) is 0 Å². The molecule has 1 saturated carbocycles. The lowest BCUT2D eigenvalue weighted by molar-refractivity contribution is -0.141. The first-order valence-electron chi connectivity index (χ1n) is 8.11. The number of carboxylic acids is 1. The predicted octanol–water partition coefficient (Wildman–Crippen LogP) is 2.27. The summed E-state index contributed by atoms with van der Waals surface area (Å²) in [6, 6.07) is 4.46. The Balaban J connectivity index is 1.71. The zero-order valence-electron chi connectivity index (χ0n) is 12.7. The molecule has 1 saturated heterocycles. The molecule has 1 N–H and O–H groups in total. The SMILES string of the molecule is O=C(O)C1CC2CCCCC2N1C(=O)c1cccc2c1OCO2. The largest absolute Gasteiger partial charge is 0.480 e. The second kappa shape index (κ2) is 5.44. The molecule has 3 aliphatic rings. The van der Waals surface area contributed by atoms with E-state index in [2.05, 4.69) is 0 Å². The molecule has 6 heteroatoms. The number of para-hydroxylation sites is 1. The van der Waals surface area contributed by atoms with Crippen molar-refractivity contribution in [2.75, 3.05) is 6.79 Å². The van der Waals surface area contributed by atoms with Gasteiger partial charge in [0.2, 0.25) is 6.79 Å². The van der Waals surface area contributed by atoms with Crippen LogP contribution in [0.2, 0.25) is 0 Å². The summed E-state index contributed by atoms with van der Waals surface area (Å²) in [5, 5.41) is 9.57. The molecule has 23 heavy (non-hydrogen) atoms. The van der Waals surface area contributed by atoms with Crippen LogP contribution in [0.3, 0.4) is 0 Å². The number of nitrogens with zero attached hydrogens (tertiary/aromatic N) is 1. The van der Waals surface area contributed by atoms with Crippen molar-refractivity contribution in [1.29, 1.82) is 0 Å². The molecular formula is C17H19NO5. The normalized spacial score (nSPS) is 28.5. The van der Waals surface area contributed by atoms with Crippen LogP contribution in [0.4, 0.5) is 0 Å². The van der Waals surface area contributed by atoms with Gasteiger partial charge in [0.25, 0.3) is 5.91 Å². The highest BCUT2D eigenvalue weighted by Gasteiger charge is 2.48. The molecule has 3 atom stereocenters. The molecule has 3 unspecified atom stereocenters. The summed E-state index contributed by atoms with van der Waals surface area (Å²) < 4.78 is 10.7. The standard InChI is InChI=1S/C17H19NO5/c19-16(11-5-3-7-14-15(11)23-9-22-14)18-12-6-2-1-4-10(12)8-13(18)17(20)21/h3,5,7,10,12-13H,1-2,4,6,8-9H2,(H,20,21). The van der Waals surface area contributed by atoms with Crippen LogP contribution in [0.25, 0.3) is 0 Å². The van der Waals surface area contributed by atoms with Gasteiger partial charge in [-0.1, -0.05) is 18.9 Å². The zero-order valence-corrected chi connectivity index (χ0v) is 12.7. The van der Waals surface area contributed by atoms with Crippen LogP contribution in [-0.4, -0.2) is 40.8 Å². The fraction of sp³-hybridized carbons (Fsp3) is 0.529. The lowest BCUT2D eigenvalue weighted by atomic mass is 9.84. The number of aliphatic carboxylic acids is 1. The molecule has 2 fully saturated rings. The Hall–Kier alpha value is -2.24. The monoisotopic (exact) mass is 317 g/mol. The van der Waals surface area contributed by atoms with Crippen molar-refractivity contribution in [2.45, 2.75) is 44.2 Å². The van der Waals surface area contributed by atoms with Gasteiger partial charge in [0.05, 0.1) is 5.56 Å². The van der Waals surface area contributed by atoms with Gasteiger partial charge in [-0.25, -0.2) is 4.79 Å². The average Bonchev–Trinajstić information content (AvgIpc) is 3.18. The smallest absolute Gasteiger partial charge is 0.326 e. The highest BCUT2D eigenvalue weighted by molar-refractivity contribution is 6.00. The minimum atomic E-state index is -0.919. The van der Waals surface area contributed by atoms with E-state index in [-0.39, 0.29) is 18.7 Å². The lowest BCUT2D eigenvalue weighted by Crippen LogP contribution is -2.46. The maximum atomic E-state index is 13.1. The van der Waals surface area contributed by atoms with E-state index in [4.69, 9.17) is 9.47 Å². The third-order valence-corrected chi connectivity index (χ3v) is 5.23. The van der Waals surface area contributed by atoms with Gasteiger partial charge in [-0.3, -0.25) is 4.79 Å². The highest BCUT2D eigenvalue weighted by Crippen LogP contribution is 2.43. The first-order chi connectivity index (χ1) is 11.2.